The van der Waals surface area contributed by atoms with E-state index in [9.17, 15) is 17.6 Å². The van der Waals surface area contributed by atoms with Crippen molar-refractivity contribution < 1.29 is 17.6 Å². The molecule has 48 heavy (non-hydrogen) atoms. The van der Waals surface area contributed by atoms with Gasteiger partial charge in [0.1, 0.15) is 5.82 Å². The molecule has 6 aromatic rings. The molecular weight excluding hydrogens is 632 g/mol. The molecule has 1 fully saturated rings. The first-order valence-corrected chi connectivity index (χ1v) is 17.7. The van der Waals surface area contributed by atoms with Crippen LogP contribution >= 0.6 is 0 Å². The van der Waals surface area contributed by atoms with E-state index >= 15 is 0 Å². The van der Waals surface area contributed by atoms with Crippen LogP contribution in [0.5, 0.6) is 0 Å². The standard InChI is InChI=1S/C35H35FN8O3S/c1-20-7-23(13-27(8-20)41-33(45)11-21-3-5-37-6-4-21)25-14-29-34(43-44-35(29)39-17-25)31-15-28-30(18-38-19-32(28)42-31)24-9-22(10-26(36)12-24)16-40-48(2,46)47/h7-10,12-15,17-19,21,37,40,42H,3-6,11,16H2,1-2H3,(H,41,45)(H,39,43,44). The molecule has 0 unspecified atom stereocenters. The zero-order valence-electron chi connectivity index (χ0n) is 26.5. The molecule has 1 saturated heterocycles. The van der Waals surface area contributed by atoms with E-state index in [1.54, 1.807) is 24.7 Å². The normalized spacial score (nSPS) is 14.1. The molecule has 0 atom stereocenters. The van der Waals surface area contributed by atoms with Crippen molar-refractivity contribution in [3.63, 3.8) is 0 Å². The highest BCUT2D eigenvalue weighted by molar-refractivity contribution is 7.88. The Morgan fingerprint density at radius 3 is 2.60 bits per heavy atom. The van der Waals surface area contributed by atoms with Gasteiger partial charge in [0.25, 0.3) is 0 Å². The number of anilines is 1. The number of nitrogens with one attached hydrogen (secondary N) is 5. The van der Waals surface area contributed by atoms with Crippen molar-refractivity contribution in [2.45, 2.75) is 32.7 Å². The zero-order chi connectivity index (χ0) is 33.4. The number of halogens is 1. The van der Waals surface area contributed by atoms with Crippen molar-refractivity contribution in [2.75, 3.05) is 24.7 Å². The molecule has 5 heterocycles. The first-order valence-electron chi connectivity index (χ1n) is 15.8. The van der Waals surface area contributed by atoms with Gasteiger partial charge in [0.15, 0.2) is 5.65 Å². The number of pyridine rings is 2. The lowest BCUT2D eigenvalue weighted by atomic mass is 9.94. The van der Waals surface area contributed by atoms with Crippen LogP contribution in [-0.2, 0) is 21.4 Å². The fourth-order valence-electron chi connectivity index (χ4n) is 6.38. The topological polar surface area (TPSA) is 158 Å². The number of carbonyl (C=O) groups is 1. The van der Waals surface area contributed by atoms with Crippen molar-refractivity contribution in [1.29, 1.82) is 0 Å². The Kier molecular flexibility index (Phi) is 8.50. The second kappa shape index (κ2) is 12.9. The average Bonchev–Trinajstić information content (AvgIpc) is 3.67. The number of amides is 1. The monoisotopic (exact) mass is 666 g/mol. The van der Waals surface area contributed by atoms with Gasteiger partial charge in [-0.3, -0.25) is 14.9 Å². The predicted molar refractivity (Wildman–Crippen MR) is 185 cm³/mol. The fraction of sp³-hybridized carbons (Fsp3) is 0.257. The number of hydrogen-bond acceptors (Lipinski definition) is 7. The summed E-state index contributed by atoms with van der Waals surface area (Å²) >= 11 is 0. The third-order valence-corrected chi connectivity index (χ3v) is 9.33. The number of fused-ring (bicyclic) bond motifs is 2. The molecule has 0 radical (unpaired) electrons. The van der Waals surface area contributed by atoms with Crippen molar-refractivity contribution in [2.24, 2.45) is 5.92 Å². The molecular formula is C35H35FN8O3S. The molecule has 11 nitrogen and oxygen atoms in total. The van der Waals surface area contributed by atoms with Gasteiger partial charge in [-0.05, 0) is 103 Å². The molecule has 4 aromatic heterocycles. The van der Waals surface area contributed by atoms with Crippen LogP contribution in [-0.4, -0.2) is 58.8 Å². The second-order valence-corrected chi connectivity index (χ2v) is 14.3. The summed E-state index contributed by atoms with van der Waals surface area (Å²) in [6.07, 6.45) is 8.73. The van der Waals surface area contributed by atoms with E-state index in [1.165, 1.54) is 12.1 Å². The summed E-state index contributed by atoms with van der Waals surface area (Å²) in [6.45, 7) is 3.87. The minimum atomic E-state index is -3.45. The maximum atomic E-state index is 14.7. The Labute approximate surface area is 276 Å². The van der Waals surface area contributed by atoms with Gasteiger partial charge < -0.3 is 15.6 Å². The number of rotatable bonds is 9. The predicted octanol–water partition coefficient (Wildman–Crippen LogP) is 5.66. The van der Waals surface area contributed by atoms with Gasteiger partial charge in [0.2, 0.25) is 15.9 Å². The third kappa shape index (κ3) is 6.98. The largest absolute Gasteiger partial charge is 0.352 e. The van der Waals surface area contributed by atoms with E-state index in [0.717, 1.165) is 82.2 Å². The van der Waals surface area contributed by atoms with E-state index in [1.807, 2.05) is 31.2 Å². The number of aromatic nitrogens is 5. The van der Waals surface area contributed by atoms with Crippen LogP contribution in [0.4, 0.5) is 10.1 Å². The number of aromatic amines is 2. The number of aryl methyl sites for hydroxylation is 1. The van der Waals surface area contributed by atoms with Gasteiger partial charge in [-0.15, -0.1) is 0 Å². The molecule has 5 N–H and O–H groups in total. The Balaban J connectivity index is 1.20. The summed E-state index contributed by atoms with van der Waals surface area (Å²) < 4.78 is 40.3. The maximum Gasteiger partial charge on any atom is 0.224 e. The first kappa shape index (κ1) is 31.6. The number of hydrogen-bond donors (Lipinski definition) is 5. The summed E-state index contributed by atoms with van der Waals surface area (Å²) in [7, 11) is -3.45. The summed E-state index contributed by atoms with van der Waals surface area (Å²) in [4.78, 5) is 25.3. The Bertz CT molecular complexity index is 2270. The van der Waals surface area contributed by atoms with Crippen LogP contribution in [0.15, 0.2) is 67.1 Å². The van der Waals surface area contributed by atoms with Crippen LogP contribution in [0, 0.1) is 18.7 Å². The molecule has 246 valence electrons. The van der Waals surface area contributed by atoms with Crippen LogP contribution in [0.25, 0.3) is 55.6 Å². The van der Waals surface area contributed by atoms with Gasteiger partial charge in [0.05, 0.1) is 29.4 Å². The van der Waals surface area contributed by atoms with Crippen molar-refractivity contribution >= 4 is 43.6 Å². The van der Waals surface area contributed by atoms with E-state index in [-0.39, 0.29) is 12.5 Å². The highest BCUT2D eigenvalue weighted by atomic mass is 32.2. The molecule has 1 aliphatic rings. The Hall–Kier alpha value is -4.98. The SMILES string of the molecule is Cc1cc(NC(=O)CC2CCNCC2)cc(-c2cnc3n[nH]c(-c4cc5c(-c6cc(F)cc(CNS(C)(=O)=O)c6)cncc5[nH]4)c3c2)c1. The highest BCUT2D eigenvalue weighted by Crippen LogP contribution is 2.35. The molecule has 7 rings (SSSR count). The number of sulfonamides is 1. The Morgan fingerprint density at radius 2 is 1.79 bits per heavy atom. The van der Waals surface area contributed by atoms with Gasteiger partial charge in [0, 0.05) is 52.9 Å². The van der Waals surface area contributed by atoms with Gasteiger partial charge in [-0.2, -0.15) is 5.10 Å². The molecule has 0 aliphatic carbocycles. The van der Waals surface area contributed by atoms with Crippen molar-refractivity contribution in [3.05, 3.63) is 84.1 Å². The first-order chi connectivity index (χ1) is 23.1. The van der Waals surface area contributed by atoms with Gasteiger partial charge in [-0.25, -0.2) is 22.5 Å². The highest BCUT2D eigenvalue weighted by Gasteiger charge is 2.19. The number of piperidine rings is 1. The fourth-order valence-corrected chi connectivity index (χ4v) is 6.81. The van der Waals surface area contributed by atoms with E-state index in [0.29, 0.717) is 34.7 Å². The van der Waals surface area contributed by atoms with Gasteiger partial charge >= 0.3 is 0 Å². The molecule has 1 aliphatic heterocycles. The smallest absolute Gasteiger partial charge is 0.224 e. The molecule has 13 heteroatoms. The summed E-state index contributed by atoms with van der Waals surface area (Å²) in [5.74, 6) is -0.0602. The lowest BCUT2D eigenvalue weighted by Crippen LogP contribution is -2.30. The van der Waals surface area contributed by atoms with Crippen LogP contribution < -0.4 is 15.4 Å². The lowest BCUT2D eigenvalue weighted by Gasteiger charge is -2.22. The quantitative estimate of drug-likeness (QED) is 0.133. The number of carbonyl (C=O) groups excluding carboxylic acids is 1. The average molecular weight is 667 g/mol. The second-order valence-electron chi connectivity index (χ2n) is 12.5. The number of benzene rings is 2. The minimum absolute atomic E-state index is 0.0249. The van der Waals surface area contributed by atoms with Gasteiger partial charge in [-0.1, -0.05) is 6.07 Å². The summed E-state index contributed by atoms with van der Waals surface area (Å²) in [6, 6.07) is 14.4. The lowest BCUT2D eigenvalue weighted by molar-refractivity contribution is -0.117. The van der Waals surface area contributed by atoms with Crippen LogP contribution in [0.2, 0.25) is 0 Å². The molecule has 0 bridgehead atoms. The summed E-state index contributed by atoms with van der Waals surface area (Å²) in [5, 5.41) is 15.6. The molecule has 0 saturated carbocycles. The van der Waals surface area contributed by atoms with Crippen molar-refractivity contribution in [3.8, 4) is 33.6 Å². The Morgan fingerprint density at radius 1 is 0.958 bits per heavy atom. The number of nitrogens with zero attached hydrogens (tertiary/aromatic N) is 3. The van der Waals surface area contributed by atoms with E-state index < -0.39 is 15.8 Å². The van der Waals surface area contributed by atoms with Crippen LogP contribution in [0.1, 0.15) is 30.4 Å². The minimum Gasteiger partial charge on any atom is -0.352 e. The van der Waals surface area contributed by atoms with Crippen LogP contribution in [0.3, 0.4) is 0 Å². The van der Waals surface area contributed by atoms with E-state index in [4.69, 9.17) is 0 Å². The third-order valence-electron chi connectivity index (χ3n) is 8.66. The number of H-pyrrole nitrogens is 2. The van der Waals surface area contributed by atoms with E-state index in [2.05, 4.69) is 46.6 Å². The zero-order valence-corrected chi connectivity index (χ0v) is 27.3. The van der Waals surface area contributed by atoms with Crippen molar-refractivity contribution in [1.82, 2.24) is 35.2 Å². The summed E-state index contributed by atoms with van der Waals surface area (Å²) in [5.41, 5.74) is 8.04. The molecule has 1 amide bonds. The molecule has 0 spiro atoms. The molecule has 2 aromatic carbocycles. The maximum absolute atomic E-state index is 14.7.